The van der Waals surface area contributed by atoms with Gasteiger partial charge in [-0.1, -0.05) is 20.3 Å². The van der Waals surface area contributed by atoms with E-state index in [0.29, 0.717) is 5.92 Å². The Morgan fingerprint density at radius 1 is 1.07 bits per heavy atom. The van der Waals surface area contributed by atoms with E-state index in [1.807, 2.05) is 6.92 Å². The second kappa shape index (κ2) is 5.30. The van der Waals surface area contributed by atoms with Gasteiger partial charge in [-0.15, -0.1) is 0 Å². The predicted molar refractivity (Wildman–Crippen MR) is 63.3 cm³/mol. The number of rotatable bonds is 4. The van der Waals surface area contributed by atoms with E-state index in [-0.39, 0.29) is 5.25 Å². The molecule has 0 amide bonds. The van der Waals surface area contributed by atoms with Gasteiger partial charge in [0.2, 0.25) is 10.0 Å². The third-order valence-corrected chi connectivity index (χ3v) is 5.28. The second-order valence-corrected chi connectivity index (χ2v) is 7.30. The lowest BCUT2D eigenvalue weighted by Gasteiger charge is -2.29. The molecule has 0 aromatic heterocycles. The van der Waals surface area contributed by atoms with Gasteiger partial charge in [0.15, 0.2) is 0 Å². The van der Waals surface area contributed by atoms with E-state index < -0.39 is 10.0 Å². The first-order valence-electron chi connectivity index (χ1n) is 5.93. The van der Waals surface area contributed by atoms with Crippen LogP contribution in [-0.4, -0.2) is 31.1 Å². The Labute approximate surface area is 93.9 Å². The normalized spacial score (nSPS) is 21.9. The van der Waals surface area contributed by atoms with Crippen molar-refractivity contribution < 1.29 is 8.42 Å². The smallest absolute Gasteiger partial charge is 0.212 e. The number of piperidine rings is 1. The van der Waals surface area contributed by atoms with E-state index >= 15 is 0 Å². The second-order valence-electron chi connectivity index (χ2n) is 4.94. The molecule has 0 bridgehead atoms. The fourth-order valence-electron chi connectivity index (χ4n) is 2.16. The minimum absolute atomic E-state index is 0.226. The maximum atomic E-state index is 12.1. The van der Waals surface area contributed by atoms with Crippen molar-refractivity contribution in [3.05, 3.63) is 0 Å². The summed E-state index contributed by atoms with van der Waals surface area (Å²) in [4.78, 5) is 0. The van der Waals surface area contributed by atoms with Crippen LogP contribution in [0.2, 0.25) is 0 Å². The van der Waals surface area contributed by atoms with Crippen molar-refractivity contribution in [2.45, 2.75) is 51.7 Å². The zero-order valence-corrected chi connectivity index (χ0v) is 10.9. The van der Waals surface area contributed by atoms with Gasteiger partial charge in [0.1, 0.15) is 0 Å². The molecule has 15 heavy (non-hydrogen) atoms. The average molecular weight is 233 g/mol. The summed E-state index contributed by atoms with van der Waals surface area (Å²) in [6.45, 7) is 7.43. The fraction of sp³-hybridized carbons (Fsp3) is 1.00. The minimum Gasteiger partial charge on any atom is -0.212 e. The third-order valence-electron chi connectivity index (χ3n) is 2.99. The standard InChI is InChI=1S/C11H23NO2S/c1-10(2)9-11(3)15(13,14)12-7-5-4-6-8-12/h10-11H,4-9H2,1-3H3. The Kier molecular flexibility index (Phi) is 4.59. The predicted octanol–water partition coefficient (Wildman–Crippen LogP) is 2.24. The van der Waals surface area contributed by atoms with Crippen LogP contribution in [0.4, 0.5) is 0 Å². The van der Waals surface area contributed by atoms with Crippen molar-refractivity contribution in [1.82, 2.24) is 4.31 Å². The van der Waals surface area contributed by atoms with Crippen molar-refractivity contribution in [3.8, 4) is 0 Å². The molecule has 4 heteroatoms. The van der Waals surface area contributed by atoms with Gasteiger partial charge in [0.25, 0.3) is 0 Å². The molecule has 0 aromatic rings. The first kappa shape index (κ1) is 13.0. The molecule has 1 aliphatic heterocycles. The van der Waals surface area contributed by atoms with Crippen molar-refractivity contribution >= 4 is 10.0 Å². The van der Waals surface area contributed by atoms with Crippen molar-refractivity contribution in [2.24, 2.45) is 5.92 Å². The molecule has 1 saturated heterocycles. The van der Waals surface area contributed by atoms with Gasteiger partial charge in [-0.05, 0) is 32.1 Å². The highest BCUT2D eigenvalue weighted by molar-refractivity contribution is 7.89. The molecule has 1 fully saturated rings. The molecule has 1 heterocycles. The summed E-state index contributed by atoms with van der Waals surface area (Å²) >= 11 is 0. The maximum absolute atomic E-state index is 12.1. The lowest BCUT2D eigenvalue weighted by Crippen LogP contribution is -2.41. The molecule has 1 unspecified atom stereocenters. The summed E-state index contributed by atoms with van der Waals surface area (Å²) in [6, 6.07) is 0. The van der Waals surface area contributed by atoms with E-state index in [2.05, 4.69) is 13.8 Å². The maximum Gasteiger partial charge on any atom is 0.216 e. The van der Waals surface area contributed by atoms with Crippen LogP contribution in [0.15, 0.2) is 0 Å². The monoisotopic (exact) mass is 233 g/mol. The first-order chi connectivity index (χ1) is 6.94. The van der Waals surface area contributed by atoms with Crippen LogP contribution in [0.25, 0.3) is 0 Å². The van der Waals surface area contributed by atoms with Crippen LogP contribution in [0.1, 0.15) is 46.5 Å². The topological polar surface area (TPSA) is 37.4 Å². The average Bonchev–Trinajstić information content (AvgIpc) is 2.18. The van der Waals surface area contributed by atoms with Crippen LogP contribution in [0, 0.1) is 5.92 Å². The lowest BCUT2D eigenvalue weighted by atomic mass is 10.1. The van der Waals surface area contributed by atoms with Crippen LogP contribution >= 0.6 is 0 Å². The van der Waals surface area contributed by atoms with Gasteiger partial charge in [0, 0.05) is 13.1 Å². The minimum atomic E-state index is -3.02. The van der Waals surface area contributed by atoms with Gasteiger partial charge < -0.3 is 0 Å². The van der Waals surface area contributed by atoms with E-state index in [1.54, 1.807) is 4.31 Å². The zero-order valence-electron chi connectivity index (χ0n) is 10.1. The number of nitrogens with zero attached hydrogens (tertiary/aromatic N) is 1. The fourth-order valence-corrected chi connectivity index (χ4v) is 4.06. The van der Waals surface area contributed by atoms with Crippen molar-refractivity contribution in [3.63, 3.8) is 0 Å². The van der Waals surface area contributed by atoms with Gasteiger partial charge in [0.05, 0.1) is 5.25 Å². The summed E-state index contributed by atoms with van der Waals surface area (Å²) in [6.07, 6.45) is 3.98. The molecule has 0 N–H and O–H groups in total. The Bertz CT molecular complexity index is 279. The summed E-state index contributed by atoms with van der Waals surface area (Å²) < 4.78 is 26.0. The molecule has 3 nitrogen and oxygen atoms in total. The van der Waals surface area contributed by atoms with Crippen molar-refractivity contribution in [2.75, 3.05) is 13.1 Å². The van der Waals surface area contributed by atoms with Gasteiger partial charge in [-0.2, -0.15) is 0 Å². The van der Waals surface area contributed by atoms with Crippen LogP contribution in [-0.2, 0) is 10.0 Å². The molecule has 90 valence electrons. The van der Waals surface area contributed by atoms with Gasteiger partial charge in [-0.3, -0.25) is 0 Å². The third kappa shape index (κ3) is 3.45. The van der Waals surface area contributed by atoms with Crippen molar-refractivity contribution in [1.29, 1.82) is 0 Å². The highest BCUT2D eigenvalue weighted by Crippen LogP contribution is 2.20. The number of hydrogen-bond acceptors (Lipinski definition) is 2. The summed E-state index contributed by atoms with van der Waals surface area (Å²) in [7, 11) is -3.02. The lowest BCUT2D eigenvalue weighted by molar-refractivity contribution is 0.340. The summed E-state index contributed by atoms with van der Waals surface area (Å²) in [5.41, 5.74) is 0. The summed E-state index contributed by atoms with van der Waals surface area (Å²) in [5, 5.41) is -0.226. The van der Waals surface area contributed by atoms with Gasteiger partial charge in [-0.25, -0.2) is 12.7 Å². The first-order valence-corrected chi connectivity index (χ1v) is 7.44. The highest BCUT2D eigenvalue weighted by Gasteiger charge is 2.29. The molecule has 0 radical (unpaired) electrons. The summed E-state index contributed by atoms with van der Waals surface area (Å²) in [5.74, 6) is 0.444. The largest absolute Gasteiger partial charge is 0.216 e. The molecular formula is C11H23NO2S. The molecule has 0 aliphatic carbocycles. The van der Waals surface area contributed by atoms with Gasteiger partial charge >= 0.3 is 0 Å². The highest BCUT2D eigenvalue weighted by atomic mass is 32.2. The van der Waals surface area contributed by atoms with E-state index in [9.17, 15) is 8.42 Å². The SMILES string of the molecule is CC(C)CC(C)S(=O)(=O)N1CCCCC1. The molecule has 1 rings (SSSR count). The quantitative estimate of drug-likeness (QED) is 0.747. The van der Waals surface area contributed by atoms with E-state index in [4.69, 9.17) is 0 Å². The number of hydrogen-bond donors (Lipinski definition) is 0. The molecule has 1 aliphatic rings. The Morgan fingerprint density at radius 3 is 2.07 bits per heavy atom. The van der Waals surface area contributed by atoms with Crippen LogP contribution < -0.4 is 0 Å². The molecular weight excluding hydrogens is 210 g/mol. The molecule has 0 aromatic carbocycles. The molecule has 0 saturated carbocycles. The van der Waals surface area contributed by atoms with Crippen LogP contribution in [0.5, 0.6) is 0 Å². The van der Waals surface area contributed by atoms with E-state index in [1.165, 1.54) is 6.42 Å². The van der Waals surface area contributed by atoms with E-state index in [0.717, 1.165) is 32.4 Å². The van der Waals surface area contributed by atoms with Crippen LogP contribution in [0.3, 0.4) is 0 Å². The molecule has 1 atom stereocenters. The molecule has 0 spiro atoms. The number of sulfonamides is 1. The zero-order chi connectivity index (χ0) is 11.5. The Morgan fingerprint density at radius 2 is 1.60 bits per heavy atom. The Balaban J connectivity index is 2.63. The Hall–Kier alpha value is -0.0900.